The second-order valence-corrected chi connectivity index (χ2v) is 4.17. The minimum Gasteiger partial charge on any atom is -0.481 e. The lowest BCUT2D eigenvalue weighted by Gasteiger charge is -2.04. The summed E-state index contributed by atoms with van der Waals surface area (Å²) in [6.07, 6.45) is 1.61. The molecule has 0 heterocycles. The highest BCUT2D eigenvalue weighted by Gasteiger charge is 2.03. The lowest BCUT2D eigenvalue weighted by Crippen LogP contribution is -1.99. The van der Waals surface area contributed by atoms with Gasteiger partial charge >= 0.3 is 5.97 Å². The van der Waals surface area contributed by atoms with Crippen molar-refractivity contribution in [2.24, 2.45) is 10.9 Å². The second kappa shape index (κ2) is 5.82. The summed E-state index contributed by atoms with van der Waals surface area (Å²) < 4.78 is 0. The predicted octanol–water partition coefficient (Wildman–Crippen LogP) is 2.27. The zero-order chi connectivity index (χ0) is 13.7. The maximum Gasteiger partial charge on any atom is 0.307 e. The molecule has 3 N–H and O–H groups in total. The largest absolute Gasteiger partial charge is 0.481 e. The molecule has 0 aromatic heterocycles. The van der Waals surface area contributed by atoms with Crippen LogP contribution in [0.1, 0.15) is 11.1 Å². The lowest BCUT2D eigenvalue weighted by atomic mass is 10.0. The summed E-state index contributed by atoms with van der Waals surface area (Å²) >= 11 is 0. The van der Waals surface area contributed by atoms with Crippen LogP contribution in [-0.4, -0.2) is 17.3 Å². The SMILES string of the molecule is NN=Cc1ccc(-c2cccc(CC(=O)O)c2)cc1. The third-order valence-electron chi connectivity index (χ3n) is 2.75. The van der Waals surface area contributed by atoms with Gasteiger partial charge in [0.1, 0.15) is 0 Å². The molecule has 96 valence electrons. The average Bonchev–Trinajstić information content (AvgIpc) is 2.39. The van der Waals surface area contributed by atoms with Crippen LogP contribution >= 0.6 is 0 Å². The third-order valence-corrected chi connectivity index (χ3v) is 2.75. The summed E-state index contributed by atoms with van der Waals surface area (Å²) in [4.78, 5) is 10.7. The van der Waals surface area contributed by atoms with Crippen LogP contribution in [0.25, 0.3) is 11.1 Å². The fourth-order valence-corrected chi connectivity index (χ4v) is 1.88. The first kappa shape index (κ1) is 12.8. The minimum absolute atomic E-state index is 0.0335. The summed E-state index contributed by atoms with van der Waals surface area (Å²) in [7, 11) is 0. The first-order valence-corrected chi connectivity index (χ1v) is 5.83. The Morgan fingerprint density at radius 1 is 1.16 bits per heavy atom. The van der Waals surface area contributed by atoms with Crippen LogP contribution in [0.4, 0.5) is 0 Å². The first-order valence-electron chi connectivity index (χ1n) is 5.83. The van der Waals surface area contributed by atoms with Gasteiger partial charge in [0.15, 0.2) is 0 Å². The Kier molecular flexibility index (Phi) is 3.93. The molecule has 0 unspecified atom stereocenters. The molecule has 2 aromatic rings. The van der Waals surface area contributed by atoms with Crippen molar-refractivity contribution in [3.8, 4) is 11.1 Å². The van der Waals surface area contributed by atoms with Crippen LogP contribution in [-0.2, 0) is 11.2 Å². The first-order chi connectivity index (χ1) is 9.19. The highest BCUT2D eigenvalue weighted by atomic mass is 16.4. The van der Waals surface area contributed by atoms with Gasteiger partial charge in [-0.2, -0.15) is 5.10 Å². The Morgan fingerprint density at radius 2 is 1.89 bits per heavy atom. The van der Waals surface area contributed by atoms with Crippen LogP contribution in [0.2, 0.25) is 0 Å². The third kappa shape index (κ3) is 3.42. The van der Waals surface area contributed by atoms with Gasteiger partial charge < -0.3 is 10.9 Å². The molecule has 0 fully saturated rings. The van der Waals surface area contributed by atoms with E-state index in [9.17, 15) is 4.79 Å². The van der Waals surface area contributed by atoms with Gasteiger partial charge in [0.25, 0.3) is 0 Å². The number of hydrogen-bond acceptors (Lipinski definition) is 3. The Balaban J connectivity index is 2.28. The maximum atomic E-state index is 10.7. The van der Waals surface area contributed by atoms with Crippen LogP contribution in [0, 0.1) is 0 Å². The van der Waals surface area contributed by atoms with Gasteiger partial charge in [-0.05, 0) is 22.3 Å². The zero-order valence-corrected chi connectivity index (χ0v) is 10.3. The van der Waals surface area contributed by atoms with Gasteiger partial charge in [-0.1, -0.05) is 48.5 Å². The van der Waals surface area contributed by atoms with E-state index in [-0.39, 0.29) is 6.42 Å². The smallest absolute Gasteiger partial charge is 0.307 e. The van der Waals surface area contributed by atoms with Gasteiger partial charge in [0.2, 0.25) is 0 Å². The molecule has 0 amide bonds. The molecule has 19 heavy (non-hydrogen) atoms. The quantitative estimate of drug-likeness (QED) is 0.499. The van der Waals surface area contributed by atoms with Crippen molar-refractivity contribution in [2.75, 3.05) is 0 Å². The fraction of sp³-hybridized carbons (Fsp3) is 0.0667. The van der Waals surface area contributed by atoms with Crippen molar-refractivity contribution in [1.29, 1.82) is 0 Å². The van der Waals surface area contributed by atoms with Crippen LogP contribution in [0.3, 0.4) is 0 Å². The molecule has 0 bridgehead atoms. The van der Waals surface area contributed by atoms with E-state index >= 15 is 0 Å². The van der Waals surface area contributed by atoms with E-state index in [1.807, 2.05) is 48.5 Å². The van der Waals surface area contributed by atoms with E-state index in [2.05, 4.69) is 5.10 Å². The normalized spacial score (nSPS) is 10.7. The van der Waals surface area contributed by atoms with E-state index in [0.717, 1.165) is 22.3 Å². The molecule has 0 aliphatic rings. The topological polar surface area (TPSA) is 75.7 Å². The Morgan fingerprint density at radius 3 is 2.53 bits per heavy atom. The van der Waals surface area contributed by atoms with Crippen LogP contribution in [0.5, 0.6) is 0 Å². The number of carboxylic acids is 1. The van der Waals surface area contributed by atoms with Crippen LogP contribution < -0.4 is 5.84 Å². The average molecular weight is 254 g/mol. The molecule has 4 nitrogen and oxygen atoms in total. The number of carbonyl (C=O) groups is 1. The molecule has 0 radical (unpaired) electrons. The highest BCUT2D eigenvalue weighted by Crippen LogP contribution is 2.21. The summed E-state index contributed by atoms with van der Waals surface area (Å²) in [5.41, 5.74) is 3.74. The molecule has 0 saturated heterocycles. The zero-order valence-electron chi connectivity index (χ0n) is 10.3. The van der Waals surface area contributed by atoms with Crippen molar-refractivity contribution in [3.63, 3.8) is 0 Å². The number of benzene rings is 2. The number of nitrogens with zero attached hydrogens (tertiary/aromatic N) is 1. The van der Waals surface area contributed by atoms with Gasteiger partial charge in [-0.25, -0.2) is 0 Å². The van der Waals surface area contributed by atoms with Crippen molar-refractivity contribution in [3.05, 3.63) is 59.7 Å². The minimum atomic E-state index is -0.827. The number of hydrogen-bond donors (Lipinski definition) is 2. The predicted molar refractivity (Wildman–Crippen MR) is 75.0 cm³/mol. The van der Waals surface area contributed by atoms with E-state index in [1.54, 1.807) is 6.21 Å². The number of rotatable bonds is 4. The van der Waals surface area contributed by atoms with Crippen LogP contribution in [0.15, 0.2) is 53.6 Å². The monoisotopic (exact) mass is 254 g/mol. The van der Waals surface area contributed by atoms with Gasteiger partial charge in [0, 0.05) is 0 Å². The molecular weight excluding hydrogens is 240 g/mol. The number of aliphatic carboxylic acids is 1. The summed E-state index contributed by atoms with van der Waals surface area (Å²) in [6.45, 7) is 0. The van der Waals surface area contributed by atoms with Crippen molar-refractivity contribution in [2.45, 2.75) is 6.42 Å². The molecular formula is C15H14N2O2. The standard InChI is InChI=1S/C15H14N2O2/c16-17-10-11-4-6-13(7-5-11)14-3-1-2-12(8-14)9-15(18)19/h1-8,10H,9,16H2,(H,18,19). The molecule has 0 aliphatic carbocycles. The van der Waals surface area contributed by atoms with Crippen molar-refractivity contribution < 1.29 is 9.90 Å². The van der Waals surface area contributed by atoms with Gasteiger partial charge in [-0.15, -0.1) is 0 Å². The van der Waals surface area contributed by atoms with E-state index in [1.165, 1.54) is 0 Å². The number of nitrogens with two attached hydrogens (primary N) is 1. The number of hydrazone groups is 1. The molecule has 0 saturated carbocycles. The Labute approximate surface area is 111 Å². The molecule has 0 aliphatic heterocycles. The summed E-state index contributed by atoms with van der Waals surface area (Å²) in [5.74, 6) is 4.26. The van der Waals surface area contributed by atoms with E-state index in [4.69, 9.17) is 10.9 Å². The van der Waals surface area contributed by atoms with Gasteiger partial charge in [-0.3, -0.25) is 4.79 Å². The molecule has 2 aromatic carbocycles. The molecule has 2 rings (SSSR count). The number of carboxylic acid groups (broad SMARTS) is 1. The Hall–Kier alpha value is -2.62. The molecule has 0 spiro atoms. The Bertz CT molecular complexity index is 604. The summed E-state index contributed by atoms with van der Waals surface area (Å²) in [6, 6.07) is 15.3. The lowest BCUT2D eigenvalue weighted by molar-refractivity contribution is -0.136. The van der Waals surface area contributed by atoms with E-state index < -0.39 is 5.97 Å². The van der Waals surface area contributed by atoms with Crippen molar-refractivity contribution in [1.82, 2.24) is 0 Å². The molecule has 4 heteroatoms. The maximum absolute atomic E-state index is 10.7. The van der Waals surface area contributed by atoms with Gasteiger partial charge in [0.05, 0.1) is 12.6 Å². The van der Waals surface area contributed by atoms with Crippen molar-refractivity contribution >= 4 is 12.2 Å². The highest BCUT2D eigenvalue weighted by molar-refractivity contribution is 5.81. The summed E-state index contributed by atoms with van der Waals surface area (Å²) in [5, 5.41) is 12.3. The molecule has 0 atom stereocenters. The fourth-order valence-electron chi connectivity index (χ4n) is 1.88. The van der Waals surface area contributed by atoms with E-state index in [0.29, 0.717) is 0 Å². The second-order valence-electron chi connectivity index (χ2n) is 4.17.